The molecule has 1 fully saturated rings. The highest BCUT2D eigenvalue weighted by atomic mass is 16.2. The monoisotopic (exact) mass is 267 g/mol. The second-order valence-electron chi connectivity index (χ2n) is 5.18. The van der Waals surface area contributed by atoms with E-state index >= 15 is 0 Å². The Labute approximate surface area is 117 Å². The molecular weight excluding hydrogens is 238 g/mol. The number of hydrogen-bond acceptors (Lipinski definition) is 2. The van der Waals surface area contributed by atoms with Crippen molar-refractivity contribution in [3.8, 4) is 0 Å². The largest absolute Gasteiger partial charge is 0.338 e. The Morgan fingerprint density at radius 1 is 1.26 bits per heavy atom. The fraction of sp³-hybridized carbons (Fsp3) is 0.800. The molecule has 2 amide bonds. The van der Waals surface area contributed by atoms with Crippen LogP contribution in [-0.4, -0.2) is 37.1 Å². The van der Waals surface area contributed by atoms with Crippen LogP contribution in [0.1, 0.15) is 46.0 Å². The van der Waals surface area contributed by atoms with Crippen molar-refractivity contribution in [2.45, 2.75) is 46.0 Å². The maximum absolute atomic E-state index is 11.5. The fourth-order valence-electron chi connectivity index (χ4n) is 2.51. The molecule has 1 saturated carbocycles. The Morgan fingerprint density at radius 2 is 1.95 bits per heavy atom. The van der Waals surface area contributed by atoms with Crippen LogP contribution < -0.4 is 10.6 Å². The van der Waals surface area contributed by atoms with Gasteiger partial charge in [-0.1, -0.05) is 32.8 Å². The molecule has 0 aliphatic heterocycles. The van der Waals surface area contributed by atoms with Crippen molar-refractivity contribution < 1.29 is 4.79 Å². The number of hydrogen-bond donors (Lipinski definition) is 2. The van der Waals surface area contributed by atoms with E-state index in [4.69, 9.17) is 0 Å². The minimum atomic E-state index is -0.0891. The fourth-order valence-corrected chi connectivity index (χ4v) is 2.51. The molecule has 0 saturated heterocycles. The molecule has 4 heteroatoms. The van der Waals surface area contributed by atoms with Crippen LogP contribution in [0.3, 0.4) is 0 Å². The highest BCUT2D eigenvalue weighted by Crippen LogP contribution is 2.25. The molecule has 0 spiro atoms. The number of carbonyl (C=O) groups is 1. The molecule has 0 aromatic heterocycles. The van der Waals surface area contributed by atoms with Crippen LogP contribution in [0, 0.1) is 5.92 Å². The summed E-state index contributed by atoms with van der Waals surface area (Å²) in [5, 5.41) is 5.67. The molecule has 0 aromatic carbocycles. The lowest BCUT2D eigenvalue weighted by molar-refractivity contribution is 0.242. The average Bonchev–Trinajstić information content (AvgIpc) is 2.92. The summed E-state index contributed by atoms with van der Waals surface area (Å²) in [6.45, 7) is 8.26. The molecule has 1 aliphatic rings. The first-order chi connectivity index (χ1) is 9.26. The summed E-state index contributed by atoms with van der Waals surface area (Å²) < 4.78 is 0. The minimum Gasteiger partial charge on any atom is -0.338 e. The predicted octanol–water partition coefficient (Wildman–Crippen LogP) is 2.72. The lowest BCUT2D eigenvalue weighted by Crippen LogP contribution is -2.34. The number of allylic oxidation sites excluding steroid dienone is 1. The van der Waals surface area contributed by atoms with Crippen LogP contribution in [-0.2, 0) is 0 Å². The van der Waals surface area contributed by atoms with E-state index in [-0.39, 0.29) is 6.03 Å². The van der Waals surface area contributed by atoms with Crippen molar-refractivity contribution in [1.29, 1.82) is 0 Å². The molecular formula is C15H29N3O. The van der Waals surface area contributed by atoms with Gasteiger partial charge in [-0.2, -0.15) is 0 Å². The van der Waals surface area contributed by atoms with Crippen LogP contribution in [0.25, 0.3) is 0 Å². The first kappa shape index (κ1) is 16.0. The molecule has 4 nitrogen and oxygen atoms in total. The molecule has 0 bridgehead atoms. The average molecular weight is 267 g/mol. The summed E-state index contributed by atoms with van der Waals surface area (Å²) in [6.07, 6.45) is 10.1. The molecule has 19 heavy (non-hydrogen) atoms. The highest BCUT2D eigenvalue weighted by molar-refractivity contribution is 5.74. The van der Waals surface area contributed by atoms with Crippen molar-refractivity contribution in [3.05, 3.63) is 12.3 Å². The molecule has 0 unspecified atom stereocenters. The zero-order valence-corrected chi connectivity index (χ0v) is 12.5. The van der Waals surface area contributed by atoms with Gasteiger partial charge >= 0.3 is 6.03 Å². The van der Waals surface area contributed by atoms with Gasteiger partial charge in [0.2, 0.25) is 0 Å². The highest BCUT2D eigenvalue weighted by Gasteiger charge is 2.11. The quantitative estimate of drug-likeness (QED) is 0.664. The van der Waals surface area contributed by atoms with Gasteiger partial charge in [0.15, 0.2) is 0 Å². The van der Waals surface area contributed by atoms with Crippen molar-refractivity contribution in [2.75, 3.05) is 26.2 Å². The van der Waals surface area contributed by atoms with E-state index in [1.807, 2.05) is 0 Å². The molecule has 0 radical (unpaired) electrons. The van der Waals surface area contributed by atoms with Crippen molar-refractivity contribution in [3.63, 3.8) is 0 Å². The van der Waals surface area contributed by atoms with Crippen LogP contribution in [0.4, 0.5) is 4.79 Å². The van der Waals surface area contributed by atoms with Gasteiger partial charge in [-0.25, -0.2) is 4.79 Å². The van der Waals surface area contributed by atoms with Gasteiger partial charge in [-0.05, 0) is 44.8 Å². The van der Waals surface area contributed by atoms with E-state index in [1.165, 1.54) is 25.7 Å². The summed E-state index contributed by atoms with van der Waals surface area (Å²) >= 11 is 0. The van der Waals surface area contributed by atoms with Crippen LogP contribution >= 0.6 is 0 Å². The van der Waals surface area contributed by atoms with Gasteiger partial charge in [0.05, 0.1) is 0 Å². The number of carbonyl (C=O) groups excluding carboxylic acids is 1. The maximum Gasteiger partial charge on any atom is 0.318 e. The van der Waals surface area contributed by atoms with Gasteiger partial charge < -0.3 is 15.5 Å². The van der Waals surface area contributed by atoms with Crippen molar-refractivity contribution in [1.82, 2.24) is 15.5 Å². The van der Waals surface area contributed by atoms with E-state index in [9.17, 15) is 4.79 Å². The van der Waals surface area contributed by atoms with Crippen LogP contribution in [0.15, 0.2) is 12.3 Å². The third-order valence-electron chi connectivity index (χ3n) is 3.81. The van der Waals surface area contributed by atoms with Gasteiger partial charge in [0.25, 0.3) is 0 Å². The van der Waals surface area contributed by atoms with Crippen LogP contribution in [0.2, 0.25) is 0 Å². The number of nitrogens with zero attached hydrogens (tertiary/aromatic N) is 1. The normalized spacial score (nSPS) is 16.4. The number of amides is 2. The van der Waals surface area contributed by atoms with Gasteiger partial charge in [0, 0.05) is 12.7 Å². The van der Waals surface area contributed by atoms with E-state index in [0.717, 1.165) is 32.6 Å². The molecule has 110 valence electrons. The first-order valence-electron chi connectivity index (χ1n) is 7.69. The number of urea groups is 1. The van der Waals surface area contributed by atoms with Crippen molar-refractivity contribution in [2.24, 2.45) is 5.92 Å². The zero-order chi connectivity index (χ0) is 13.9. The second-order valence-corrected chi connectivity index (χ2v) is 5.18. The van der Waals surface area contributed by atoms with Gasteiger partial charge in [-0.15, -0.1) is 0 Å². The third-order valence-corrected chi connectivity index (χ3v) is 3.81. The molecule has 0 aromatic rings. The zero-order valence-electron chi connectivity index (χ0n) is 12.5. The standard InChI is InChI=1S/C15H29N3O/c1-3-18(4-2)13-7-11-16-15(19)17-12-10-14-8-5-6-9-14/h10,12,14H,3-9,11,13H2,1-2H3,(H2,16,17,19)/b12-10+. The lowest BCUT2D eigenvalue weighted by Gasteiger charge is -2.17. The smallest absolute Gasteiger partial charge is 0.318 e. The summed E-state index contributed by atoms with van der Waals surface area (Å²) in [4.78, 5) is 13.9. The first-order valence-corrected chi connectivity index (χ1v) is 7.69. The number of nitrogens with one attached hydrogen (secondary N) is 2. The second kappa shape index (κ2) is 9.84. The maximum atomic E-state index is 11.5. The van der Waals surface area contributed by atoms with E-state index in [2.05, 4.69) is 35.5 Å². The predicted molar refractivity (Wildman–Crippen MR) is 80.0 cm³/mol. The van der Waals surface area contributed by atoms with E-state index in [0.29, 0.717) is 5.92 Å². The topological polar surface area (TPSA) is 44.4 Å². The van der Waals surface area contributed by atoms with E-state index in [1.54, 1.807) is 6.20 Å². The molecule has 1 rings (SSSR count). The van der Waals surface area contributed by atoms with Gasteiger partial charge in [0.1, 0.15) is 0 Å². The Morgan fingerprint density at radius 3 is 2.58 bits per heavy atom. The summed E-state index contributed by atoms with van der Waals surface area (Å²) in [5.41, 5.74) is 0. The Hall–Kier alpha value is -1.03. The van der Waals surface area contributed by atoms with E-state index < -0.39 is 0 Å². The molecule has 0 atom stereocenters. The summed E-state index contributed by atoms with van der Waals surface area (Å²) in [7, 11) is 0. The molecule has 2 N–H and O–H groups in total. The van der Waals surface area contributed by atoms with Crippen LogP contribution in [0.5, 0.6) is 0 Å². The Kier molecular flexibility index (Phi) is 8.30. The number of rotatable bonds is 8. The summed E-state index contributed by atoms with van der Waals surface area (Å²) in [5.74, 6) is 0.669. The lowest BCUT2D eigenvalue weighted by atomic mass is 10.1. The minimum absolute atomic E-state index is 0.0891. The third kappa shape index (κ3) is 7.21. The molecule has 0 heterocycles. The Balaban J connectivity index is 2.01. The SMILES string of the molecule is CCN(CC)CCCNC(=O)N/C=C/C1CCCC1. The summed E-state index contributed by atoms with van der Waals surface area (Å²) in [6, 6.07) is -0.0891. The Bertz CT molecular complexity index is 269. The molecule has 1 aliphatic carbocycles. The van der Waals surface area contributed by atoms with Crippen molar-refractivity contribution >= 4 is 6.03 Å². The van der Waals surface area contributed by atoms with Gasteiger partial charge in [-0.3, -0.25) is 0 Å².